The van der Waals surface area contributed by atoms with Crippen LogP contribution in [0.3, 0.4) is 0 Å². The highest BCUT2D eigenvalue weighted by molar-refractivity contribution is 6.30. The predicted octanol–water partition coefficient (Wildman–Crippen LogP) is 1.91. The number of hydrogen-bond acceptors (Lipinski definition) is 2. The number of likely N-dealkylation sites (N-methyl/N-ethyl adjacent to an activating group) is 1. The van der Waals surface area contributed by atoms with Crippen LogP contribution in [0.5, 0.6) is 0 Å². The number of carbonyl (C=O) groups is 1. The lowest BCUT2D eigenvalue weighted by Crippen LogP contribution is -3.06. The van der Waals surface area contributed by atoms with E-state index in [0.29, 0.717) is 11.6 Å². The molecule has 0 saturated heterocycles. The summed E-state index contributed by atoms with van der Waals surface area (Å²) in [4.78, 5) is 14.1. The lowest BCUT2D eigenvalue weighted by molar-refractivity contribution is -0.856. The molecule has 0 unspecified atom stereocenters. The number of quaternary nitrogens is 1. The van der Waals surface area contributed by atoms with Gasteiger partial charge in [-0.15, -0.1) is 0 Å². The van der Waals surface area contributed by atoms with Crippen LogP contribution in [0, 0.1) is 0 Å². The first-order valence-electron chi connectivity index (χ1n) is 8.91. The van der Waals surface area contributed by atoms with E-state index in [1.54, 1.807) is 0 Å². The minimum absolute atomic E-state index is 0.0326. The van der Waals surface area contributed by atoms with Crippen molar-refractivity contribution in [1.29, 1.82) is 0 Å². The molecule has 0 aliphatic carbocycles. The van der Waals surface area contributed by atoms with E-state index in [9.17, 15) is 4.79 Å². The lowest BCUT2D eigenvalue weighted by atomic mass is 10.1. The van der Waals surface area contributed by atoms with Crippen molar-refractivity contribution in [1.82, 2.24) is 15.1 Å². The Hall–Kier alpha value is -1.85. The molecular weight excluding hydrogens is 336 g/mol. The van der Waals surface area contributed by atoms with Crippen LogP contribution < -0.4 is 10.2 Å². The Labute approximate surface area is 155 Å². The molecule has 136 valence electrons. The Morgan fingerprint density at radius 3 is 2.68 bits per heavy atom. The molecule has 1 amide bonds. The number of benzene rings is 1. The van der Waals surface area contributed by atoms with Crippen LogP contribution in [0.1, 0.15) is 42.0 Å². The SMILES string of the molecule is CCCc1nn(-c2cccc(Cl)c2)c(CC)c1C(=O)NCC[NH+](C)C. The summed E-state index contributed by atoms with van der Waals surface area (Å²) in [5.74, 6) is -0.0326. The van der Waals surface area contributed by atoms with E-state index in [4.69, 9.17) is 16.7 Å². The van der Waals surface area contributed by atoms with Crippen LogP contribution in [0.25, 0.3) is 5.69 Å². The first-order chi connectivity index (χ1) is 12.0. The van der Waals surface area contributed by atoms with Gasteiger partial charge in [0.2, 0.25) is 0 Å². The van der Waals surface area contributed by atoms with E-state index in [2.05, 4.69) is 33.3 Å². The van der Waals surface area contributed by atoms with E-state index < -0.39 is 0 Å². The highest BCUT2D eigenvalue weighted by atomic mass is 35.5. The smallest absolute Gasteiger partial charge is 0.255 e. The monoisotopic (exact) mass is 363 g/mol. The molecule has 1 aromatic heterocycles. The lowest BCUT2D eigenvalue weighted by Gasteiger charge is -2.10. The molecular formula is C19H28ClN4O+. The molecule has 0 bridgehead atoms. The summed E-state index contributed by atoms with van der Waals surface area (Å²) in [6.45, 7) is 5.69. The molecule has 2 rings (SSSR count). The Kier molecular flexibility index (Phi) is 7.02. The van der Waals surface area contributed by atoms with Crippen LogP contribution in [0.15, 0.2) is 24.3 Å². The molecule has 1 heterocycles. The Balaban J connectivity index is 2.41. The van der Waals surface area contributed by atoms with Crippen molar-refractivity contribution in [3.63, 3.8) is 0 Å². The van der Waals surface area contributed by atoms with E-state index in [1.165, 1.54) is 4.90 Å². The van der Waals surface area contributed by atoms with Crippen LogP contribution >= 0.6 is 11.6 Å². The third kappa shape index (κ3) is 4.83. The van der Waals surface area contributed by atoms with Crippen LogP contribution in [0.2, 0.25) is 5.02 Å². The minimum Gasteiger partial charge on any atom is -0.346 e. The fourth-order valence-corrected chi connectivity index (χ4v) is 3.02. The van der Waals surface area contributed by atoms with E-state index in [0.717, 1.165) is 48.4 Å². The van der Waals surface area contributed by atoms with Gasteiger partial charge in [-0.25, -0.2) is 4.68 Å². The van der Waals surface area contributed by atoms with Crippen LogP contribution in [0.4, 0.5) is 0 Å². The van der Waals surface area contributed by atoms with Gasteiger partial charge in [-0.05, 0) is 31.0 Å². The highest BCUT2D eigenvalue weighted by Gasteiger charge is 2.23. The molecule has 2 aromatic rings. The van der Waals surface area contributed by atoms with Crippen LogP contribution in [-0.2, 0) is 12.8 Å². The number of hydrogen-bond donors (Lipinski definition) is 2. The van der Waals surface area contributed by atoms with Gasteiger partial charge in [0.05, 0.1) is 49.8 Å². The number of rotatable bonds is 8. The topological polar surface area (TPSA) is 51.4 Å². The summed E-state index contributed by atoms with van der Waals surface area (Å²) in [6, 6.07) is 7.58. The van der Waals surface area contributed by atoms with Gasteiger partial charge in [0.1, 0.15) is 0 Å². The molecule has 6 heteroatoms. The number of carbonyl (C=O) groups excluding carboxylic acids is 1. The Bertz CT molecular complexity index is 724. The number of aryl methyl sites for hydroxylation is 1. The van der Waals surface area contributed by atoms with Gasteiger partial charge >= 0.3 is 0 Å². The second kappa shape index (κ2) is 9.02. The number of nitrogens with one attached hydrogen (secondary N) is 2. The molecule has 0 saturated carbocycles. The standard InChI is InChI=1S/C19H27ClN4O/c1-5-8-16-18(19(25)21-11-12-23(3)4)17(6-2)24(22-16)15-10-7-9-14(20)13-15/h7,9-10,13H,5-6,8,11-12H2,1-4H3,(H,21,25)/p+1. The van der Waals surface area contributed by atoms with Crippen molar-refractivity contribution in [3.8, 4) is 5.69 Å². The molecule has 0 spiro atoms. The maximum Gasteiger partial charge on any atom is 0.255 e. The van der Waals surface area contributed by atoms with E-state index in [-0.39, 0.29) is 5.91 Å². The third-order valence-electron chi connectivity index (χ3n) is 4.07. The molecule has 5 nitrogen and oxygen atoms in total. The Morgan fingerprint density at radius 2 is 2.08 bits per heavy atom. The number of amides is 1. The summed E-state index contributed by atoms with van der Waals surface area (Å²) in [5.41, 5.74) is 3.39. The van der Waals surface area contributed by atoms with Gasteiger partial charge in [-0.2, -0.15) is 5.10 Å². The maximum absolute atomic E-state index is 12.8. The zero-order chi connectivity index (χ0) is 18.4. The van der Waals surface area contributed by atoms with Crippen LogP contribution in [-0.4, -0.2) is 42.9 Å². The average molecular weight is 364 g/mol. The fourth-order valence-electron chi connectivity index (χ4n) is 2.84. The normalized spacial score (nSPS) is 11.1. The van der Waals surface area contributed by atoms with Crippen molar-refractivity contribution in [2.45, 2.75) is 33.1 Å². The van der Waals surface area contributed by atoms with Crippen molar-refractivity contribution in [3.05, 3.63) is 46.2 Å². The molecule has 25 heavy (non-hydrogen) atoms. The van der Waals surface area contributed by atoms with Crippen molar-refractivity contribution in [2.75, 3.05) is 27.2 Å². The van der Waals surface area contributed by atoms with Gasteiger partial charge in [0.25, 0.3) is 5.91 Å². The van der Waals surface area contributed by atoms with Gasteiger partial charge in [0.15, 0.2) is 0 Å². The van der Waals surface area contributed by atoms with Crippen molar-refractivity contribution >= 4 is 17.5 Å². The largest absolute Gasteiger partial charge is 0.346 e. The molecule has 2 N–H and O–H groups in total. The summed E-state index contributed by atoms with van der Waals surface area (Å²) >= 11 is 6.14. The van der Waals surface area contributed by atoms with Crippen molar-refractivity contribution < 1.29 is 9.69 Å². The first kappa shape index (κ1) is 19.5. The highest BCUT2D eigenvalue weighted by Crippen LogP contribution is 2.23. The van der Waals surface area contributed by atoms with Crippen molar-refractivity contribution in [2.24, 2.45) is 0 Å². The third-order valence-corrected chi connectivity index (χ3v) is 4.30. The summed E-state index contributed by atoms with van der Waals surface area (Å²) in [5, 5.41) is 8.44. The molecule has 1 aromatic carbocycles. The van der Waals surface area contributed by atoms with Gasteiger partial charge in [0, 0.05) is 5.02 Å². The quantitative estimate of drug-likeness (QED) is 0.752. The first-order valence-corrected chi connectivity index (χ1v) is 9.29. The molecule has 0 aliphatic rings. The molecule has 0 aliphatic heterocycles. The fraction of sp³-hybridized carbons (Fsp3) is 0.474. The van der Waals surface area contributed by atoms with E-state index >= 15 is 0 Å². The minimum atomic E-state index is -0.0326. The average Bonchev–Trinajstić information content (AvgIpc) is 2.93. The summed E-state index contributed by atoms with van der Waals surface area (Å²) < 4.78 is 1.86. The van der Waals surface area contributed by atoms with Gasteiger partial charge in [-0.1, -0.05) is 37.9 Å². The maximum atomic E-state index is 12.8. The number of halogens is 1. The number of nitrogens with zero attached hydrogens (tertiary/aromatic N) is 2. The molecule has 0 radical (unpaired) electrons. The predicted molar refractivity (Wildman–Crippen MR) is 102 cm³/mol. The molecule has 0 fully saturated rings. The second-order valence-electron chi connectivity index (χ2n) is 6.48. The van der Waals surface area contributed by atoms with Gasteiger partial charge < -0.3 is 10.2 Å². The summed E-state index contributed by atoms with van der Waals surface area (Å²) in [6.07, 6.45) is 2.45. The summed E-state index contributed by atoms with van der Waals surface area (Å²) in [7, 11) is 4.15. The zero-order valence-corrected chi connectivity index (χ0v) is 16.3. The zero-order valence-electron chi connectivity index (χ0n) is 15.5. The second-order valence-corrected chi connectivity index (χ2v) is 6.91. The Morgan fingerprint density at radius 1 is 1.32 bits per heavy atom. The van der Waals surface area contributed by atoms with Gasteiger partial charge in [-0.3, -0.25) is 4.79 Å². The molecule has 0 atom stereocenters. The van der Waals surface area contributed by atoms with E-state index in [1.807, 2.05) is 28.9 Å². The number of aromatic nitrogens is 2.